The molecule has 2 aromatic rings. The molecule has 0 saturated heterocycles. The van der Waals surface area contributed by atoms with Gasteiger partial charge in [0.05, 0.1) is 21.5 Å². The SMILES string of the molecule is COc1cc([C@H]2C(C#N)=C(N)OC3=C2C(=O)CCC3)cc(I)c1OCc1ccc([N+](=O)[O-])cc1. The number of nitro benzene ring substituents is 1. The summed E-state index contributed by atoms with van der Waals surface area (Å²) in [5, 5.41) is 20.6. The van der Waals surface area contributed by atoms with Gasteiger partial charge in [0.25, 0.3) is 5.69 Å². The minimum Gasteiger partial charge on any atom is -0.493 e. The van der Waals surface area contributed by atoms with E-state index in [0.717, 1.165) is 5.56 Å². The van der Waals surface area contributed by atoms with E-state index in [9.17, 15) is 20.2 Å². The Kier molecular flexibility index (Phi) is 6.74. The lowest BCUT2D eigenvalue weighted by molar-refractivity contribution is -0.384. The molecule has 9 nitrogen and oxygen atoms in total. The molecule has 0 spiro atoms. The molecule has 2 N–H and O–H groups in total. The van der Waals surface area contributed by atoms with Crippen LogP contribution in [0.4, 0.5) is 5.69 Å². The zero-order valence-electron chi connectivity index (χ0n) is 18.2. The number of hydrogen-bond donors (Lipinski definition) is 1. The number of ketones is 1. The van der Waals surface area contributed by atoms with Crippen LogP contribution in [0.15, 0.2) is 59.2 Å². The highest BCUT2D eigenvalue weighted by Crippen LogP contribution is 2.46. The first-order valence-corrected chi connectivity index (χ1v) is 11.5. The number of ether oxygens (including phenoxy) is 3. The molecular weight excluding hydrogens is 553 g/mol. The lowest BCUT2D eigenvalue weighted by Gasteiger charge is -2.31. The quantitative estimate of drug-likeness (QED) is 0.301. The van der Waals surface area contributed by atoms with Crippen molar-refractivity contribution in [2.75, 3.05) is 7.11 Å². The summed E-state index contributed by atoms with van der Waals surface area (Å²) in [6.07, 6.45) is 1.65. The third-order valence-corrected chi connectivity index (χ3v) is 6.52. The number of rotatable bonds is 6. The van der Waals surface area contributed by atoms with E-state index in [4.69, 9.17) is 19.9 Å². The van der Waals surface area contributed by atoms with Gasteiger partial charge in [-0.15, -0.1) is 0 Å². The molecule has 174 valence electrons. The Morgan fingerprint density at radius 1 is 1.29 bits per heavy atom. The van der Waals surface area contributed by atoms with E-state index in [2.05, 4.69) is 28.7 Å². The first-order valence-electron chi connectivity index (χ1n) is 10.4. The molecule has 34 heavy (non-hydrogen) atoms. The number of benzene rings is 2. The Balaban J connectivity index is 1.68. The number of methoxy groups -OCH3 is 1. The van der Waals surface area contributed by atoms with Crippen LogP contribution >= 0.6 is 22.6 Å². The Morgan fingerprint density at radius 3 is 2.68 bits per heavy atom. The zero-order valence-corrected chi connectivity index (χ0v) is 20.3. The Labute approximate surface area is 209 Å². The zero-order chi connectivity index (χ0) is 24.4. The number of Topliss-reactive ketones (excluding diaryl/α,β-unsaturated/α-hetero) is 1. The topological polar surface area (TPSA) is 138 Å². The number of nitriles is 1. The highest BCUT2D eigenvalue weighted by atomic mass is 127. The molecule has 10 heteroatoms. The Bertz CT molecular complexity index is 1280. The molecule has 2 aromatic carbocycles. The highest BCUT2D eigenvalue weighted by molar-refractivity contribution is 14.1. The summed E-state index contributed by atoms with van der Waals surface area (Å²) in [4.78, 5) is 23.2. The summed E-state index contributed by atoms with van der Waals surface area (Å²) >= 11 is 2.11. The number of carbonyl (C=O) groups is 1. The smallest absolute Gasteiger partial charge is 0.269 e. The van der Waals surface area contributed by atoms with Crippen LogP contribution in [0.2, 0.25) is 0 Å². The fourth-order valence-corrected chi connectivity index (χ4v) is 4.89. The maximum Gasteiger partial charge on any atom is 0.269 e. The fraction of sp³-hybridized carbons (Fsp3) is 0.250. The van der Waals surface area contributed by atoms with Crippen LogP contribution in [0, 0.1) is 25.0 Å². The van der Waals surface area contributed by atoms with E-state index in [1.54, 1.807) is 18.2 Å². The van der Waals surface area contributed by atoms with Gasteiger partial charge in [-0.25, -0.2) is 0 Å². The van der Waals surface area contributed by atoms with Crippen molar-refractivity contribution in [3.63, 3.8) is 0 Å². The molecular formula is C24H20IN3O6. The van der Waals surface area contributed by atoms with Gasteiger partial charge in [-0.2, -0.15) is 5.26 Å². The summed E-state index contributed by atoms with van der Waals surface area (Å²) in [7, 11) is 1.50. The predicted octanol–water partition coefficient (Wildman–Crippen LogP) is 4.60. The van der Waals surface area contributed by atoms with E-state index >= 15 is 0 Å². The van der Waals surface area contributed by atoms with Crippen molar-refractivity contribution >= 4 is 34.1 Å². The molecule has 0 unspecified atom stereocenters. The lowest BCUT2D eigenvalue weighted by Crippen LogP contribution is -2.27. The first kappa shape index (κ1) is 23.6. The summed E-state index contributed by atoms with van der Waals surface area (Å²) in [6, 6.07) is 11.8. The van der Waals surface area contributed by atoms with Gasteiger partial charge in [0.1, 0.15) is 24.0 Å². The number of allylic oxidation sites excluding steroid dienone is 3. The standard InChI is InChI=1S/C24H20IN3O6/c1-32-20-10-14(21-16(11-26)24(27)34-19-4-2-3-18(29)22(19)21)9-17(25)23(20)33-12-13-5-7-15(8-6-13)28(30)31/h5-10,21H,2-4,12,27H2,1H3/t21-/m0/s1. The summed E-state index contributed by atoms with van der Waals surface area (Å²) < 4.78 is 17.9. The number of hydrogen-bond acceptors (Lipinski definition) is 8. The minimum atomic E-state index is -0.646. The second kappa shape index (κ2) is 9.72. The van der Waals surface area contributed by atoms with Crippen molar-refractivity contribution in [1.29, 1.82) is 5.26 Å². The average molecular weight is 573 g/mol. The van der Waals surface area contributed by atoms with E-state index in [0.29, 0.717) is 51.2 Å². The van der Waals surface area contributed by atoms with Gasteiger partial charge < -0.3 is 19.9 Å². The van der Waals surface area contributed by atoms with E-state index in [-0.39, 0.29) is 29.5 Å². The maximum absolute atomic E-state index is 12.8. The van der Waals surface area contributed by atoms with E-state index < -0.39 is 10.8 Å². The number of carbonyl (C=O) groups excluding carboxylic acids is 1. The fourth-order valence-electron chi connectivity index (χ4n) is 4.11. The normalized spacial score (nSPS) is 17.6. The van der Waals surface area contributed by atoms with Crippen LogP contribution < -0.4 is 15.2 Å². The molecule has 4 rings (SSSR count). The molecule has 0 radical (unpaired) electrons. The third-order valence-electron chi connectivity index (χ3n) is 5.72. The maximum atomic E-state index is 12.8. The molecule has 1 atom stereocenters. The van der Waals surface area contributed by atoms with E-state index in [1.165, 1.54) is 19.2 Å². The molecule has 0 aromatic heterocycles. The number of nitrogens with two attached hydrogens (primary N) is 1. The van der Waals surface area contributed by atoms with Crippen LogP contribution in [0.5, 0.6) is 11.5 Å². The van der Waals surface area contributed by atoms with Gasteiger partial charge in [-0.1, -0.05) is 0 Å². The molecule has 0 amide bonds. The number of nitrogens with zero attached hydrogens (tertiary/aromatic N) is 2. The second-order valence-corrected chi connectivity index (χ2v) is 8.95. The number of halogens is 1. The monoisotopic (exact) mass is 573 g/mol. The van der Waals surface area contributed by atoms with Crippen molar-refractivity contribution in [3.05, 3.63) is 84.0 Å². The van der Waals surface area contributed by atoms with Gasteiger partial charge >= 0.3 is 0 Å². The van der Waals surface area contributed by atoms with Crippen molar-refractivity contribution in [2.45, 2.75) is 31.8 Å². The number of non-ortho nitro benzene ring substituents is 1. The highest BCUT2D eigenvalue weighted by Gasteiger charge is 2.38. The molecule has 1 aliphatic heterocycles. The van der Waals surface area contributed by atoms with Crippen LogP contribution in [0.3, 0.4) is 0 Å². The third kappa shape index (κ3) is 4.43. The summed E-state index contributed by atoms with van der Waals surface area (Å²) in [6.45, 7) is 0.172. The van der Waals surface area contributed by atoms with Gasteiger partial charge in [0, 0.05) is 30.5 Å². The number of nitro groups is 1. The summed E-state index contributed by atoms with van der Waals surface area (Å²) in [5.41, 5.74) is 8.12. The van der Waals surface area contributed by atoms with Gasteiger partial charge in [-0.3, -0.25) is 14.9 Å². The van der Waals surface area contributed by atoms with Crippen LogP contribution in [-0.4, -0.2) is 17.8 Å². The second-order valence-electron chi connectivity index (χ2n) is 7.78. The van der Waals surface area contributed by atoms with Crippen LogP contribution in [0.25, 0.3) is 0 Å². The van der Waals surface area contributed by atoms with Crippen molar-refractivity contribution in [3.8, 4) is 17.6 Å². The largest absolute Gasteiger partial charge is 0.493 e. The van der Waals surface area contributed by atoms with Crippen LogP contribution in [-0.2, 0) is 16.1 Å². The van der Waals surface area contributed by atoms with Gasteiger partial charge in [0.2, 0.25) is 5.88 Å². The van der Waals surface area contributed by atoms with Crippen molar-refractivity contribution < 1.29 is 23.9 Å². The van der Waals surface area contributed by atoms with Crippen molar-refractivity contribution in [2.24, 2.45) is 5.73 Å². The first-order chi connectivity index (χ1) is 16.3. The molecule has 0 saturated carbocycles. The van der Waals surface area contributed by atoms with Crippen LogP contribution in [0.1, 0.15) is 36.3 Å². The Morgan fingerprint density at radius 2 is 2.03 bits per heavy atom. The van der Waals surface area contributed by atoms with E-state index in [1.807, 2.05) is 6.07 Å². The molecule has 0 fully saturated rings. The average Bonchev–Trinajstić information content (AvgIpc) is 2.82. The molecule has 2 aliphatic rings. The van der Waals surface area contributed by atoms with Gasteiger partial charge in [-0.05, 0) is 64.4 Å². The molecule has 0 bridgehead atoms. The lowest BCUT2D eigenvalue weighted by atomic mass is 9.77. The predicted molar refractivity (Wildman–Crippen MR) is 130 cm³/mol. The molecule has 1 heterocycles. The Hall–Kier alpha value is -3.59. The van der Waals surface area contributed by atoms with Crippen molar-refractivity contribution in [1.82, 2.24) is 0 Å². The molecule has 1 aliphatic carbocycles. The summed E-state index contributed by atoms with van der Waals surface area (Å²) in [5.74, 6) is 0.735. The minimum absolute atomic E-state index is 0.00304. The van der Waals surface area contributed by atoms with Gasteiger partial charge in [0.15, 0.2) is 17.3 Å².